The lowest BCUT2D eigenvalue weighted by molar-refractivity contribution is -0.150. The molecule has 1 aromatic rings. The lowest BCUT2D eigenvalue weighted by atomic mass is 9.79. The van der Waals surface area contributed by atoms with Gasteiger partial charge in [0.15, 0.2) is 0 Å². The lowest BCUT2D eigenvalue weighted by Crippen LogP contribution is -2.63. The first kappa shape index (κ1) is 16.9. The molecule has 2 aliphatic rings. The fraction of sp³-hybridized carbons (Fsp3) is 0.579. The molecular formula is C19H25FN2O2. The van der Waals surface area contributed by atoms with Gasteiger partial charge in [-0.2, -0.15) is 0 Å². The van der Waals surface area contributed by atoms with Gasteiger partial charge < -0.3 is 9.80 Å². The number of nitrogens with zero attached hydrogens (tertiary/aromatic N) is 2. The third-order valence-corrected chi connectivity index (χ3v) is 5.38. The first-order chi connectivity index (χ1) is 11.5. The zero-order chi connectivity index (χ0) is 17.2. The molecule has 24 heavy (non-hydrogen) atoms. The van der Waals surface area contributed by atoms with Crippen molar-refractivity contribution in [1.29, 1.82) is 0 Å². The fourth-order valence-electron chi connectivity index (χ4n) is 4.30. The van der Waals surface area contributed by atoms with Crippen LogP contribution in [0, 0.1) is 5.82 Å². The zero-order valence-electron chi connectivity index (χ0n) is 14.3. The highest BCUT2D eigenvalue weighted by Crippen LogP contribution is 2.36. The van der Waals surface area contributed by atoms with Gasteiger partial charge in [-0.05, 0) is 50.3 Å². The van der Waals surface area contributed by atoms with Crippen LogP contribution in [-0.4, -0.2) is 46.8 Å². The molecule has 2 amide bonds. The summed E-state index contributed by atoms with van der Waals surface area (Å²) in [5.41, 5.74) is 0.506. The van der Waals surface area contributed by atoms with E-state index in [0.29, 0.717) is 25.1 Å². The number of likely N-dealkylation sites (N-methyl/N-ethyl adjacent to an activating group) is 1. The van der Waals surface area contributed by atoms with Crippen LogP contribution in [0.5, 0.6) is 0 Å². The van der Waals surface area contributed by atoms with E-state index >= 15 is 0 Å². The minimum atomic E-state index is -0.314. The van der Waals surface area contributed by atoms with E-state index in [9.17, 15) is 14.0 Å². The molecule has 2 saturated heterocycles. The summed E-state index contributed by atoms with van der Waals surface area (Å²) in [7, 11) is 0. The zero-order valence-corrected chi connectivity index (χ0v) is 14.3. The van der Waals surface area contributed by atoms with Gasteiger partial charge in [-0.25, -0.2) is 4.39 Å². The largest absolute Gasteiger partial charge is 0.340 e. The Kier molecular flexibility index (Phi) is 4.88. The van der Waals surface area contributed by atoms with Crippen molar-refractivity contribution < 1.29 is 14.0 Å². The van der Waals surface area contributed by atoms with Gasteiger partial charge in [0.05, 0.1) is 12.0 Å². The van der Waals surface area contributed by atoms with Gasteiger partial charge >= 0.3 is 0 Å². The fourth-order valence-corrected chi connectivity index (χ4v) is 4.30. The second kappa shape index (κ2) is 6.91. The van der Waals surface area contributed by atoms with Crippen molar-refractivity contribution >= 4 is 11.8 Å². The second-order valence-electron chi connectivity index (χ2n) is 6.94. The van der Waals surface area contributed by atoms with Gasteiger partial charge in [-0.1, -0.05) is 12.1 Å². The lowest BCUT2D eigenvalue weighted by Gasteiger charge is -2.52. The Hall–Kier alpha value is -1.91. The summed E-state index contributed by atoms with van der Waals surface area (Å²) in [5, 5.41) is 0. The van der Waals surface area contributed by atoms with Crippen LogP contribution in [0.15, 0.2) is 24.3 Å². The summed E-state index contributed by atoms with van der Waals surface area (Å²) >= 11 is 0. The van der Waals surface area contributed by atoms with E-state index in [1.165, 1.54) is 12.1 Å². The minimum absolute atomic E-state index is 0.0220. The molecule has 1 spiro atoms. The average molecular weight is 332 g/mol. The van der Waals surface area contributed by atoms with E-state index < -0.39 is 0 Å². The standard InChI is InChI=1S/C19H25FN2O2/c1-2-22-17(23)8-4-9-19(22)10-5-11-21(14-19)18(24)13-15-6-3-7-16(20)12-15/h3,6-7,12H,2,4-5,8-11,13-14H2,1H3/t19-/m0/s1. The number of amides is 2. The number of carbonyl (C=O) groups is 2. The predicted molar refractivity (Wildman–Crippen MR) is 89.9 cm³/mol. The van der Waals surface area contributed by atoms with E-state index in [1.54, 1.807) is 12.1 Å². The van der Waals surface area contributed by atoms with E-state index in [0.717, 1.165) is 32.2 Å². The highest BCUT2D eigenvalue weighted by atomic mass is 19.1. The molecular weight excluding hydrogens is 307 g/mol. The van der Waals surface area contributed by atoms with Gasteiger partial charge in [-0.3, -0.25) is 9.59 Å². The Morgan fingerprint density at radius 2 is 2.08 bits per heavy atom. The maximum Gasteiger partial charge on any atom is 0.227 e. The van der Waals surface area contributed by atoms with Crippen LogP contribution >= 0.6 is 0 Å². The van der Waals surface area contributed by atoms with Crippen LogP contribution in [-0.2, 0) is 16.0 Å². The Balaban J connectivity index is 1.72. The van der Waals surface area contributed by atoms with Crippen LogP contribution < -0.4 is 0 Å². The van der Waals surface area contributed by atoms with E-state index in [4.69, 9.17) is 0 Å². The van der Waals surface area contributed by atoms with Crippen molar-refractivity contribution in [2.75, 3.05) is 19.6 Å². The summed E-state index contributed by atoms with van der Waals surface area (Å²) in [6.07, 6.45) is 4.59. The maximum absolute atomic E-state index is 13.3. The van der Waals surface area contributed by atoms with Gasteiger partial charge in [0.25, 0.3) is 0 Å². The van der Waals surface area contributed by atoms with E-state index in [1.807, 2.05) is 16.7 Å². The summed E-state index contributed by atoms with van der Waals surface area (Å²) in [6, 6.07) is 6.22. The molecule has 2 aliphatic heterocycles. The average Bonchev–Trinajstić information content (AvgIpc) is 2.55. The van der Waals surface area contributed by atoms with Crippen molar-refractivity contribution in [3.05, 3.63) is 35.6 Å². The molecule has 0 saturated carbocycles. The van der Waals surface area contributed by atoms with Gasteiger partial charge in [0, 0.05) is 26.1 Å². The quantitative estimate of drug-likeness (QED) is 0.854. The summed E-state index contributed by atoms with van der Waals surface area (Å²) < 4.78 is 13.3. The number of benzene rings is 1. The van der Waals surface area contributed by atoms with Crippen molar-refractivity contribution in [1.82, 2.24) is 9.80 Å². The van der Waals surface area contributed by atoms with Crippen molar-refractivity contribution in [3.8, 4) is 0 Å². The summed E-state index contributed by atoms with van der Waals surface area (Å²) in [5.74, 6) is -0.0811. The topological polar surface area (TPSA) is 40.6 Å². The van der Waals surface area contributed by atoms with Crippen LogP contribution in [0.2, 0.25) is 0 Å². The van der Waals surface area contributed by atoms with Crippen molar-refractivity contribution in [2.24, 2.45) is 0 Å². The van der Waals surface area contributed by atoms with Crippen molar-refractivity contribution in [2.45, 2.75) is 51.0 Å². The molecule has 1 aromatic carbocycles. The molecule has 2 fully saturated rings. The number of halogens is 1. The SMILES string of the molecule is CCN1C(=O)CCC[C@@]12CCCN(C(=O)Cc1cccc(F)c1)C2. The molecule has 4 nitrogen and oxygen atoms in total. The third-order valence-electron chi connectivity index (χ3n) is 5.38. The Bertz CT molecular complexity index is 630. The Morgan fingerprint density at radius 3 is 2.83 bits per heavy atom. The number of likely N-dealkylation sites (tertiary alicyclic amines) is 2. The maximum atomic E-state index is 13.3. The molecule has 5 heteroatoms. The molecule has 0 radical (unpaired) electrons. The first-order valence-electron chi connectivity index (χ1n) is 8.87. The molecule has 1 atom stereocenters. The third kappa shape index (κ3) is 3.30. The smallest absolute Gasteiger partial charge is 0.227 e. The van der Waals surface area contributed by atoms with Gasteiger partial charge in [0.1, 0.15) is 5.82 Å². The van der Waals surface area contributed by atoms with E-state index in [-0.39, 0.29) is 29.6 Å². The molecule has 0 aliphatic carbocycles. The molecule has 0 N–H and O–H groups in total. The highest BCUT2D eigenvalue weighted by molar-refractivity contribution is 5.80. The van der Waals surface area contributed by atoms with Gasteiger partial charge in [-0.15, -0.1) is 0 Å². The molecule has 3 rings (SSSR count). The Labute approximate surface area is 142 Å². The molecule has 2 heterocycles. The number of hydrogen-bond acceptors (Lipinski definition) is 2. The van der Waals surface area contributed by atoms with E-state index in [2.05, 4.69) is 0 Å². The number of carbonyl (C=O) groups excluding carboxylic acids is 2. The van der Waals surface area contributed by atoms with Crippen LogP contribution in [0.25, 0.3) is 0 Å². The van der Waals surface area contributed by atoms with Crippen LogP contribution in [0.3, 0.4) is 0 Å². The first-order valence-corrected chi connectivity index (χ1v) is 8.87. The Morgan fingerprint density at radius 1 is 1.29 bits per heavy atom. The number of rotatable bonds is 3. The predicted octanol–water partition coefficient (Wildman–Crippen LogP) is 2.76. The van der Waals surface area contributed by atoms with Crippen LogP contribution in [0.4, 0.5) is 4.39 Å². The molecule has 0 unspecified atom stereocenters. The summed E-state index contributed by atoms with van der Waals surface area (Å²) in [4.78, 5) is 28.8. The van der Waals surface area contributed by atoms with Crippen LogP contribution in [0.1, 0.15) is 44.6 Å². The number of piperidine rings is 2. The second-order valence-corrected chi connectivity index (χ2v) is 6.94. The molecule has 0 aromatic heterocycles. The summed E-state index contributed by atoms with van der Waals surface area (Å²) in [6.45, 7) is 4.05. The normalized spacial score (nSPS) is 24.5. The minimum Gasteiger partial charge on any atom is -0.340 e. The monoisotopic (exact) mass is 332 g/mol. The molecule has 130 valence electrons. The molecule has 0 bridgehead atoms. The number of hydrogen-bond donors (Lipinski definition) is 0. The van der Waals surface area contributed by atoms with Crippen molar-refractivity contribution in [3.63, 3.8) is 0 Å². The van der Waals surface area contributed by atoms with Gasteiger partial charge in [0.2, 0.25) is 11.8 Å². The highest BCUT2D eigenvalue weighted by Gasteiger charge is 2.45.